The van der Waals surface area contributed by atoms with E-state index in [0.29, 0.717) is 42.7 Å². The normalized spacial score (nSPS) is 16.3. The van der Waals surface area contributed by atoms with Crippen LogP contribution in [0.1, 0.15) is 39.7 Å². The minimum Gasteiger partial charge on any atom is -0.497 e. The number of carbonyl (C=O) groups is 1. The van der Waals surface area contributed by atoms with Crippen LogP contribution in [0.3, 0.4) is 0 Å². The van der Waals surface area contributed by atoms with E-state index in [4.69, 9.17) is 14.5 Å². The molecule has 1 N–H and O–H groups in total. The summed E-state index contributed by atoms with van der Waals surface area (Å²) in [6.45, 7) is 10.2. The number of hydrogen-bond donors (Lipinski definition) is 1. The summed E-state index contributed by atoms with van der Waals surface area (Å²) in [5.74, 6) is 1.44. The highest BCUT2D eigenvalue weighted by atomic mass is 16.5. The zero-order chi connectivity index (χ0) is 23.6. The third kappa shape index (κ3) is 5.50. The van der Waals surface area contributed by atoms with Gasteiger partial charge < -0.3 is 19.7 Å². The number of amides is 1. The number of hydrogen-bond acceptors (Lipinski definition) is 8. The molecule has 176 valence electrons. The molecule has 1 aliphatic rings. The van der Waals surface area contributed by atoms with Crippen LogP contribution in [0.5, 0.6) is 11.8 Å². The number of fused-ring (bicyclic) bond motifs is 1. The van der Waals surface area contributed by atoms with Crippen LogP contribution < -0.4 is 19.7 Å². The lowest BCUT2D eigenvalue weighted by atomic mass is 9.99. The molecular weight excluding hydrogens is 422 g/mol. The molecule has 1 aromatic carbocycles. The van der Waals surface area contributed by atoms with Crippen LogP contribution in [0.15, 0.2) is 24.3 Å². The summed E-state index contributed by atoms with van der Waals surface area (Å²) in [5.41, 5.74) is 2.24. The summed E-state index contributed by atoms with van der Waals surface area (Å²) in [6, 6.07) is 8.18. The summed E-state index contributed by atoms with van der Waals surface area (Å²) < 4.78 is 13.0. The molecule has 0 spiro atoms. The fourth-order valence-corrected chi connectivity index (χ4v) is 3.76. The van der Waals surface area contributed by atoms with E-state index in [0.717, 1.165) is 24.3 Å². The lowest BCUT2D eigenvalue weighted by Crippen LogP contribution is -2.35. The third-order valence-electron chi connectivity index (χ3n) is 5.34. The van der Waals surface area contributed by atoms with E-state index in [1.807, 2.05) is 24.3 Å². The Hall–Kier alpha value is -3.43. The topological polar surface area (TPSA) is 107 Å². The molecule has 1 saturated heterocycles. The highest BCUT2D eigenvalue weighted by Gasteiger charge is 2.28. The SMILES string of the molecule is COc1ccc(Cn2nnc3c(N4CCC(NC(C)=O)C4)nc(OCC(C)(C)C)nc32)cc1. The summed E-state index contributed by atoms with van der Waals surface area (Å²) in [5, 5.41) is 11.8. The van der Waals surface area contributed by atoms with Crippen LogP contribution >= 0.6 is 0 Å². The second kappa shape index (κ2) is 9.21. The van der Waals surface area contributed by atoms with Crippen LogP contribution in [0.4, 0.5) is 5.82 Å². The van der Waals surface area contributed by atoms with Crippen LogP contribution in [0.2, 0.25) is 0 Å². The van der Waals surface area contributed by atoms with Crippen LogP contribution in [0, 0.1) is 5.41 Å². The van der Waals surface area contributed by atoms with E-state index in [-0.39, 0.29) is 17.4 Å². The van der Waals surface area contributed by atoms with Gasteiger partial charge in [-0.15, -0.1) is 5.10 Å². The first-order chi connectivity index (χ1) is 15.7. The number of nitrogens with zero attached hydrogens (tertiary/aromatic N) is 6. The molecular formula is C23H31N7O3. The van der Waals surface area contributed by atoms with Crippen molar-refractivity contribution in [2.45, 2.75) is 46.7 Å². The van der Waals surface area contributed by atoms with Crippen LogP contribution in [-0.2, 0) is 11.3 Å². The van der Waals surface area contributed by atoms with Crippen molar-refractivity contribution in [1.82, 2.24) is 30.3 Å². The first kappa shape index (κ1) is 22.8. The van der Waals surface area contributed by atoms with Crippen molar-refractivity contribution in [2.75, 3.05) is 31.7 Å². The van der Waals surface area contributed by atoms with Gasteiger partial charge in [-0.2, -0.15) is 9.97 Å². The number of aromatic nitrogens is 5. The molecule has 1 atom stereocenters. The summed E-state index contributed by atoms with van der Waals surface area (Å²) >= 11 is 0. The van der Waals surface area contributed by atoms with Gasteiger partial charge in [0, 0.05) is 26.1 Å². The maximum atomic E-state index is 11.5. The van der Waals surface area contributed by atoms with Crippen molar-refractivity contribution < 1.29 is 14.3 Å². The Bertz CT molecular complexity index is 1120. The van der Waals surface area contributed by atoms with Gasteiger partial charge in [-0.25, -0.2) is 4.68 Å². The van der Waals surface area contributed by atoms with Crippen molar-refractivity contribution in [1.29, 1.82) is 0 Å². The first-order valence-electron chi connectivity index (χ1n) is 11.1. The van der Waals surface area contributed by atoms with Gasteiger partial charge in [0.05, 0.1) is 20.3 Å². The van der Waals surface area contributed by atoms with Gasteiger partial charge in [0.15, 0.2) is 17.0 Å². The molecule has 1 unspecified atom stereocenters. The zero-order valence-corrected chi connectivity index (χ0v) is 19.8. The minimum atomic E-state index is -0.0375. The highest BCUT2D eigenvalue weighted by Crippen LogP contribution is 2.28. The Balaban J connectivity index is 1.67. The van der Waals surface area contributed by atoms with Crippen molar-refractivity contribution in [3.8, 4) is 11.8 Å². The lowest BCUT2D eigenvalue weighted by Gasteiger charge is -2.20. The van der Waals surface area contributed by atoms with E-state index < -0.39 is 0 Å². The van der Waals surface area contributed by atoms with E-state index >= 15 is 0 Å². The van der Waals surface area contributed by atoms with Gasteiger partial charge in [-0.05, 0) is 29.5 Å². The molecule has 0 saturated carbocycles. The third-order valence-corrected chi connectivity index (χ3v) is 5.34. The minimum absolute atomic E-state index is 0.0330. The van der Waals surface area contributed by atoms with Gasteiger partial charge in [-0.1, -0.05) is 38.1 Å². The molecule has 0 bridgehead atoms. The molecule has 0 aliphatic carbocycles. The van der Waals surface area contributed by atoms with Gasteiger partial charge in [0.25, 0.3) is 0 Å². The molecule has 0 radical (unpaired) electrons. The molecule has 2 aromatic heterocycles. The molecule has 10 nitrogen and oxygen atoms in total. The van der Waals surface area contributed by atoms with E-state index in [2.05, 4.69) is 46.3 Å². The van der Waals surface area contributed by atoms with Gasteiger partial charge >= 0.3 is 6.01 Å². The number of ether oxygens (including phenoxy) is 2. The monoisotopic (exact) mass is 453 g/mol. The van der Waals surface area contributed by atoms with Crippen LogP contribution in [-0.4, -0.2) is 63.7 Å². The average molecular weight is 454 g/mol. The largest absolute Gasteiger partial charge is 0.497 e. The van der Waals surface area contributed by atoms with Crippen LogP contribution in [0.25, 0.3) is 11.2 Å². The Kier molecular flexibility index (Phi) is 6.35. The van der Waals surface area contributed by atoms with E-state index in [9.17, 15) is 4.79 Å². The van der Waals surface area contributed by atoms with Gasteiger partial charge in [-0.3, -0.25) is 4.79 Å². The number of methoxy groups -OCH3 is 1. The van der Waals surface area contributed by atoms with Crippen molar-refractivity contribution in [2.24, 2.45) is 5.41 Å². The van der Waals surface area contributed by atoms with Gasteiger partial charge in [0.1, 0.15) is 5.75 Å². The standard InChI is InChI=1S/C23H31N7O3/c1-15(31)24-17-10-11-29(13-17)20-19-21(26-22(25-20)33-14-23(2,3)4)30(28-27-19)12-16-6-8-18(32-5)9-7-16/h6-9,17H,10-14H2,1-5H3,(H,24,31). The second-order valence-electron chi connectivity index (χ2n) is 9.58. The van der Waals surface area contributed by atoms with E-state index in [1.54, 1.807) is 11.8 Å². The van der Waals surface area contributed by atoms with Gasteiger partial charge in [0.2, 0.25) is 5.91 Å². The Morgan fingerprint density at radius 3 is 2.64 bits per heavy atom. The van der Waals surface area contributed by atoms with Crippen molar-refractivity contribution >= 4 is 22.9 Å². The van der Waals surface area contributed by atoms with Crippen molar-refractivity contribution in [3.05, 3.63) is 29.8 Å². The molecule has 3 heterocycles. The molecule has 4 rings (SSSR count). The lowest BCUT2D eigenvalue weighted by molar-refractivity contribution is -0.119. The van der Waals surface area contributed by atoms with Crippen molar-refractivity contribution in [3.63, 3.8) is 0 Å². The predicted octanol–water partition coefficient (Wildman–Crippen LogP) is 2.42. The first-order valence-corrected chi connectivity index (χ1v) is 11.1. The molecule has 1 fully saturated rings. The number of carbonyl (C=O) groups excluding carboxylic acids is 1. The highest BCUT2D eigenvalue weighted by molar-refractivity contribution is 5.83. The maximum absolute atomic E-state index is 11.5. The molecule has 33 heavy (non-hydrogen) atoms. The summed E-state index contributed by atoms with van der Waals surface area (Å²) in [4.78, 5) is 23.0. The maximum Gasteiger partial charge on any atom is 0.320 e. The number of anilines is 1. The summed E-state index contributed by atoms with van der Waals surface area (Å²) in [6.07, 6.45) is 0.837. The zero-order valence-electron chi connectivity index (χ0n) is 19.8. The smallest absolute Gasteiger partial charge is 0.320 e. The van der Waals surface area contributed by atoms with E-state index in [1.165, 1.54) is 6.92 Å². The number of benzene rings is 1. The Morgan fingerprint density at radius 1 is 1.21 bits per heavy atom. The molecule has 1 aliphatic heterocycles. The summed E-state index contributed by atoms with van der Waals surface area (Å²) in [7, 11) is 1.65. The molecule has 3 aromatic rings. The second-order valence-corrected chi connectivity index (χ2v) is 9.58. The number of rotatable bonds is 7. The predicted molar refractivity (Wildman–Crippen MR) is 125 cm³/mol. The fourth-order valence-electron chi connectivity index (χ4n) is 3.76. The molecule has 10 heteroatoms. The molecule has 1 amide bonds. The Labute approximate surface area is 193 Å². The quantitative estimate of drug-likeness (QED) is 0.581. The fraction of sp³-hybridized carbons (Fsp3) is 0.522. The number of nitrogens with one attached hydrogen (secondary N) is 1. The Morgan fingerprint density at radius 2 is 1.97 bits per heavy atom. The average Bonchev–Trinajstić information content (AvgIpc) is 3.39.